The molecule has 2 nitrogen and oxygen atoms in total. The fourth-order valence-corrected chi connectivity index (χ4v) is 4.63. The molecule has 0 aromatic heterocycles. The number of rotatable bonds is 1. The summed E-state index contributed by atoms with van der Waals surface area (Å²) in [6.45, 7) is 10.6. The molecule has 2 heteroatoms. The van der Waals surface area contributed by atoms with E-state index in [-0.39, 0.29) is 5.97 Å². The van der Waals surface area contributed by atoms with Crippen LogP contribution in [0.4, 0.5) is 0 Å². The zero-order valence-electron chi connectivity index (χ0n) is 12.9. The van der Waals surface area contributed by atoms with Gasteiger partial charge >= 0.3 is 5.97 Å². The highest BCUT2D eigenvalue weighted by atomic mass is 16.5. The van der Waals surface area contributed by atoms with Crippen molar-refractivity contribution >= 4 is 5.97 Å². The monoisotopic (exact) mass is 262 g/mol. The van der Waals surface area contributed by atoms with E-state index in [1.54, 1.807) is 0 Å². The van der Waals surface area contributed by atoms with Crippen LogP contribution in [0, 0.1) is 28.1 Å². The van der Waals surface area contributed by atoms with E-state index in [0.29, 0.717) is 16.7 Å². The molecule has 0 radical (unpaired) electrons. The number of allylic oxidation sites excluding steroid dienone is 2. The molecule has 106 valence electrons. The second kappa shape index (κ2) is 3.65. The third kappa shape index (κ3) is 1.64. The van der Waals surface area contributed by atoms with E-state index < -0.39 is 5.41 Å². The highest BCUT2D eigenvalue weighted by Crippen LogP contribution is 2.79. The molecular weight excluding hydrogens is 236 g/mol. The van der Waals surface area contributed by atoms with E-state index in [1.165, 1.54) is 19.3 Å². The summed E-state index contributed by atoms with van der Waals surface area (Å²) in [6.07, 6.45) is 7.27. The van der Waals surface area contributed by atoms with Crippen LogP contribution < -0.4 is 0 Å². The summed E-state index contributed by atoms with van der Waals surface area (Å²) >= 11 is 0. The standard InChI is InChI=1S/C17H26O2/c1-15(2,3)14(18)19-12-8-10-17-11(13(12)17)7-6-9-16(17,4)5/h8,11,13H,6-7,9-10H2,1-5H3/t11-,13+,17+/m0/s1. The Balaban J connectivity index is 1.78. The topological polar surface area (TPSA) is 26.3 Å². The van der Waals surface area contributed by atoms with E-state index in [4.69, 9.17) is 4.74 Å². The first kappa shape index (κ1) is 13.2. The minimum atomic E-state index is -0.411. The zero-order chi connectivity index (χ0) is 14.1. The molecule has 0 bridgehead atoms. The third-order valence-corrected chi connectivity index (χ3v) is 5.86. The van der Waals surface area contributed by atoms with Gasteiger partial charge in [-0.3, -0.25) is 4.79 Å². The van der Waals surface area contributed by atoms with Crippen molar-refractivity contribution in [2.24, 2.45) is 28.1 Å². The Bertz CT molecular complexity index is 452. The Morgan fingerprint density at radius 1 is 1.37 bits per heavy atom. The molecule has 3 aliphatic carbocycles. The number of carbonyl (C=O) groups excluding carboxylic acids is 1. The van der Waals surface area contributed by atoms with Crippen molar-refractivity contribution in [2.45, 2.75) is 60.3 Å². The molecule has 0 N–H and O–H groups in total. The van der Waals surface area contributed by atoms with Gasteiger partial charge in [0.2, 0.25) is 0 Å². The van der Waals surface area contributed by atoms with E-state index in [1.807, 2.05) is 20.8 Å². The van der Waals surface area contributed by atoms with Crippen molar-refractivity contribution in [1.82, 2.24) is 0 Å². The molecule has 2 fully saturated rings. The van der Waals surface area contributed by atoms with Crippen LogP contribution >= 0.6 is 0 Å². The van der Waals surface area contributed by atoms with Crippen LogP contribution in [0.25, 0.3) is 0 Å². The molecule has 1 spiro atoms. The number of ether oxygens (including phenoxy) is 1. The number of carbonyl (C=O) groups is 1. The maximum atomic E-state index is 12.1. The quantitative estimate of drug-likeness (QED) is 0.658. The van der Waals surface area contributed by atoms with Crippen molar-refractivity contribution in [2.75, 3.05) is 0 Å². The van der Waals surface area contributed by atoms with Crippen molar-refractivity contribution in [3.8, 4) is 0 Å². The molecule has 0 aromatic carbocycles. The van der Waals surface area contributed by atoms with Crippen molar-refractivity contribution in [1.29, 1.82) is 0 Å². The third-order valence-electron chi connectivity index (χ3n) is 5.86. The number of esters is 1. The Kier molecular flexibility index (Phi) is 2.54. The van der Waals surface area contributed by atoms with Crippen LogP contribution in [-0.2, 0) is 9.53 Å². The lowest BCUT2D eigenvalue weighted by Gasteiger charge is -2.38. The van der Waals surface area contributed by atoms with Crippen LogP contribution in [0.3, 0.4) is 0 Å². The molecule has 0 aromatic rings. The zero-order valence-corrected chi connectivity index (χ0v) is 12.9. The Morgan fingerprint density at radius 2 is 2.05 bits per heavy atom. The maximum Gasteiger partial charge on any atom is 0.316 e. The van der Waals surface area contributed by atoms with Crippen molar-refractivity contribution < 1.29 is 9.53 Å². The molecular formula is C17H26O2. The van der Waals surface area contributed by atoms with Gasteiger partial charge in [-0.2, -0.15) is 0 Å². The average molecular weight is 262 g/mol. The normalized spacial score (nSPS) is 39.1. The lowest BCUT2D eigenvalue weighted by molar-refractivity contribution is -0.149. The summed E-state index contributed by atoms with van der Waals surface area (Å²) in [7, 11) is 0. The van der Waals surface area contributed by atoms with Gasteiger partial charge in [0.1, 0.15) is 5.76 Å². The predicted octanol–water partition coefficient (Wildman–Crippen LogP) is 4.31. The van der Waals surface area contributed by atoms with Gasteiger partial charge in [0.05, 0.1) is 5.41 Å². The molecule has 0 saturated heterocycles. The molecule has 0 unspecified atom stereocenters. The first-order chi connectivity index (χ1) is 8.70. The smallest absolute Gasteiger partial charge is 0.316 e. The predicted molar refractivity (Wildman–Crippen MR) is 75.3 cm³/mol. The molecule has 0 aliphatic heterocycles. The van der Waals surface area contributed by atoms with Gasteiger partial charge in [0, 0.05) is 5.92 Å². The van der Waals surface area contributed by atoms with Gasteiger partial charge in [-0.05, 0) is 62.9 Å². The molecule has 3 rings (SSSR count). The van der Waals surface area contributed by atoms with Crippen molar-refractivity contribution in [3.05, 3.63) is 11.8 Å². The highest BCUT2D eigenvalue weighted by Gasteiger charge is 2.75. The van der Waals surface area contributed by atoms with E-state index in [0.717, 1.165) is 18.1 Å². The maximum absolute atomic E-state index is 12.1. The van der Waals surface area contributed by atoms with Gasteiger partial charge in [0.25, 0.3) is 0 Å². The molecule has 19 heavy (non-hydrogen) atoms. The summed E-state index contributed by atoms with van der Waals surface area (Å²) in [5.41, 5.74) is 0.401. The number of fused-ring (bicyclic) bond motifs is 1. The summed E-state index contributed by atoms with van der Waals surface area (Å²) in [5, 5.41) is 0. The van der Waals surface area contributed by atoms with Gasteiger partial charge in [-0.15, -0.1) is 0 Å². The molecule has 0 heterocycles. The van der Waals surface area contributed by atoms with E-state index >= 15 is 0 Å². The van der Waals surface area contributed by atoms with Gasteiger partial charge in [-0.1, -0.05) is 20.3 Å². The van der Waals surface area contributed by atoms with Gasteiger partial charge in [-0.25, -0.2) is 0 Å². The minimum Gasteiger partial charge on any atom is -0.431 e. The van der Waals surface area contributed by atoms with E-state index in [2.05, 4.69) is 19.9 Å². The summed E-state index contributed by atoms with van der Waals surface area (Å²) in [4.78, 5) is 12.1. The van der Waals surface area contributed by atoms with Crippen LogP contribution in [0.1, 0.15) is 60.3 Å². The minimum absolute atomic E-state index is 0.0859. The summed E-state index contributed by atoms with van der Waals surface area (Å²) in [6, 6.07) is 0. The second-order valence-corrected chi connectivity index (χ2v) is 8.35. The van der Waals surface area contributed by atoms with Gasteiger partial charge < -0.3 is 4.74 Å². The molecule has 2 saturated carbocycles. The Hall–Kier alpha value is -0.790. The molecule has 3 atom stereocenters. The van der Waals surface area contributed by atoms with Crippen LogP contribution in [0.15, 0.2) is 11.8 Å². The first-order valence-electron chi connectivity index (χ1n) is 7.62. The van der Waals surface area contributed by atoms with Crippen molar-refractivity contribution in [3.63, 3.8) is 0 Å². The van der Waals surface area contributed by atoms with Gasteiger partial charge in [0.15, 0.2) is 0 Å². The summed E-state index contributed by atoms with van der Waals surface area (Å²) in [5.74, 6) is 2.19. The SMILES string of the molecule is CC(C)(C)C(=O)OC1=CC[C@]23[C@@H](CCCC2(C)C)[C@H]13. The Morgan fingerprint density at radius 3 is 2.63 bits per heavy atom. The fraction of sp³-hybridized carbons (Fsp3) is 0.824. The van der Waals surface area contributed by atoms with Crippen LogP contribution in [-0.4, -0.2) is 5.97 Å². The Labute approximate surface area is 116 Å². The summed E-state index contributed by atoms with van der Waals surface area (Å²) < 4.78 is 5.73. The lowest BCUT2D eigenvalue weighted by Crippen LogP contribution is -2.30. The second-order valence-electron chi connectivity index (χ2n) is 8.35. The van der Waals surface area contributed by atoms with Crippen LogP contribution in [0.2, 0.25) is 0 Å². The first-order valence-corrected chi connectivity index (χ1v) is 7.62. The molecule has 0 amide bonds. The average Bonchev–Trinajstić information content (AvgIpc) is 2.79. The number of hydrogen-bond acceptors (Lipinski definition) is 2. The fourth-order valence-electron chi connectivity index (χ4n) is 4.63. The van der Waals surface area contributed by atoms with E-state index in [9.17, 15) is 4.79 Å². The largest absolute Gasteiger partial charge is 0.431 e. The number of hydrogen-bond donors (Lipinski definition) is 0. The molecule has 3 aliphatic rings. The lowest BCUT2D eigenvalue weighted by atomic mass is 9.66. The van der Waals surface area contributed by atoms with Crippen LogP contribution in [0.5, 0.6) is 0 Å². The highest BCUT2D eigenvalue weighted by molar-refractivity contribution is 5.76.